The van der Waals surface area contributed by atoms with Crippen molar-refractivity contribution in [3.05, 3.63) is 60.7 Å². The third-order valence-electron chi connectivity index (χ3n) is 5.74. The highest BCUT2D eigenvalue weighted by Crippen LogP contribution is 2.28. The average molecular weight is 449 g/mol. The van der Waals surface area contributed by atoms with Gasteiger partial charge in [0.2, 0.25) is 0 Å². The van der Waals surface area contributed by atoms with Crippen LogP contribution in [-0.4, -0.2) is 66.0 Å². The van der Waals surface area contributed by atoms with E-state index in [1.807, 2.05) is 60.7 Å². The summed E-state index contributed by atoms with van der Waals surface area (Å²) >= 11 is 0. The van der Waals surface area contributed by atoms with Crippen LogP contribution in [0.1, 0.15) is 27.7 Å². The Morgan fingerprint density at radius 3 is 1.39 bits per heavy atom. The fraction of sp³-hybridized carbons (Fsp3) is 0.520. The molecule has 2 aliphatic heterocycles. The van der Waals surface area contributed by atoms with Crippen LogP contribution in [0, 0.1) is 10.8 Å². The van der Waals surface area contributed by atoms with Crippen LogP contribution < -0.4 is 0 Å². The van der Waals surface area contributed by atoms with Gasteiger partial charge in [-0.2, -0.15) is 0 Å². The van der Waals surface area contributed by atoms with E-state index in [2.05, 4.69) is 68.2 Å². The molecule has 176 valence electrons. The van der Waals surface area contributed by atoms with Crippen molar-refractivity contribution in [2.75, 3.05) is 46.2 Å². The van der Waals surface area contributed by atoms with Gasteiger partial charge in [-0.3, -0.25) is 19.8 Å². The van der Waals surface area contributed by atoms with Crippen LogP contribution >= 0.6 is 0 Å². The quantitative estimate of drug-likeness (QED) is 0.544. The number of hydrogen-bond donors (Lipinski definition) is 0. The molecular formula is C25H36N8. The summed E-state index contributed by atoms with van der Waals surface area (Å²) in [6.07, 6.45) is 0. The van der Waals surface area contributed by atoms with Crippen LogP contribution in [0.4, 0.5) is 11.4 Å². The van der Waals surface area contributed by atoms with E-state index in [0.29, 0.717) is 0 Å². The molecule has 2 aliphatic rings. The van der Waals surface area contributed by atoms with E-state index < -0.39 is 0 Å². The van der Waals surface area contributed by atoms with Crippen LogP contribution in [0.3, 0.4) is 0 Å². The van der Waals surface area contributed by atoms with E-state index in [-0.39, 0.29) is 10.8 Å². The van der Waals surface area contributed by atoms with Gasteiger partial charge in [-0.15, -0.1) is 10.2 Å². The molecule has 2 aromatic rings. The molecule has 0 radical (unpaired) electrons. The molecule has 8 heteroatoms. The SMILES string of the molecule is CC1(C)CN(CN2CN(N=Nc3ccccc3)CC(C)(C)C2)CN(N=Nc2ccccc2)C1. The van der Waals surface area contributed by atoms with Gasteiger partial charge in [-0.1, -0.05) is 74.5 Å². The van der Waals surface area contributed by atoms with Crippen molar-refractivity contribution in [2.45, 2.75) is 27.7 Å². The minimum atomic E-state index is 0.131. The van der Waals surface area contributed by atoms with Crippen molar-refractivity contribution in [3.8, 4) is 0 Å². The number of hydrogen-bond acceptors (Lipinski definition) is 6. The Bertz CT molecular complexity index is 864. The summed E-state index contributed by atoms with van der Waals surface area (Å²) in [7, 11) is 0. The topological polar surface area (TPSA) is 62.4 Å². The molecule has 0 amide bonds. The second-order valence-electron chi connectivity index (χ2n) is 10.8. The molecule has 33 heavy (non-hydrogen) atoms. The number of rotatable bonds is 6. The number of benzene rings is 2. The molecule has 0 spiro atoms. The standard InChI is InChI=1S/C25H36N8/c1-24(2)15-30(20-32(17-24)28-26-22-11-7-5-8-12-22)19-31-16-25(3,4)18-33(21-31)29-27-23-13-9-6-10-14-23/h5-14H,15-21H2,1-4H3. The maximum absolute atomic E-state index is 4.55. The summed E-state index contributed by atoms with van der Waals surface area (Å²) in [5.41, 5.74) is 2.02. The highest BCUT2D eigenvalue weighted by molar-refractivity contribution is 5.35. The molecule has 2 saturated heterocycles. The summed E-state index contributed by atoms with van der Waals surface area (Å²) in [6.45, 7) is 15.4. The molecule has 0 aromatic heterocycles. The highest BCUT2D eigenvalue weighted by Gasteiger charge is 2.35. The maximum Gasteiger partial charge on any atom is 0.0907 e. The first kappa shape index (κ1) is 23.3. The lowest BCUT2D eigenvalue weighted by atomic mass is 9.90. The lowest BCUT2D eigenvalue weighted by Crippen LogP contribution is -2.58. The molecule has 8 nitrogen and oxygen atoms in total. The Kier molecular flexibility index (Phi) is 7.05. The van der Waals surface area contributed by atoms with Crippen molar-refractivity contribution in [3.63, 3.8) is 0 Å². The molecule has 0 aliphatic carbocycles. The Morgan fingerprint density at radius 1 is 0.606 bits per heavy atom. The monoisotopic (exact) mass is 448 g/mol. The normalized spacial score (nSPS) is 21.8. The summed E-state index contributed by atoms with van der Waals surface area (Å²) in [5, 5.41) is 22.2. The summed E-state index contributed by atoms with van der Waals surface area (Å²) in [5.74, 6) is 0. The molecule has 0 saturated carbocycles. The van der Waals surface area contributed by atoms with Crippen LogP contribution in [0.15, 0.2) is 81.3 Å². The Labute approximate surface area is 197 Å². The lowest BCUT2D eigenvalue weighted by molar-refractivity contribution is -0.0654. The molecule has 2 fully saturated rings. The molecule has 2 aromatic carbocycles. The van der Waals surface area contributed by atoms with E-state index in [9.17, 15) is 0 Å². The van der Waals surface area contributed by atoms with E-state index >= 15 is 0 Å². The average Bonchev–Trinajstić information content (AvgIpc) is 2.76. The van der Waals surface area contributed by atoms with Gasteiger partial charge >= 0.3 is 0 Å². The molecule has 0 unspecified atom stereocenters. The van der Waals surface area contributed by atoms with Crippen molar-refractivity contribution in [2.24, 2.45) is 31.5 Å². The van der Waals surface area contributed by atoms with Crippen molar-refractivity contribution in [1.82, 2.24) is 19.8 Å². The Balaban J connectivity index is 1.40. The second-order valence-corrected chi connectivity index (χ2v) is 10.8. The third kappa shape index (κ3) is 7.07. The van der Waals surface area contributed by atoms with Crippen molar-refractivity contribution in [1.29, 1.82) is 0 Å². The fourth-order valence-electron chi connectivity index (χ4n) is 4.77. The predicted octanol–water partition coefficient (Wildman–Crippen LogP) is 5.54. The molecule has 0 atom stereocenters. The van der Waals surface area contributed by atoms with Gasteiger partial charge in [0, 0.05) is 26.2 Å². The van der Waals surface area contributed by atoms with Crippen LogP contribution in [0.25, 0.3) is 0 Å². The van der Waals surface area contributed by atoms with Crippen LogP contribution in [-0.2, 0) is 0 Å². The maximum atomic E-state index is 4.55. The first-order valence-corrected chi connectivity index (χ1v) is 11.6. The largest absolute Gasteiger partial charge is 0.271 e. The highest BCUT2D eigenvalue weighted by atomic mass is 15.6. The minimum Gasteiger partial charge on any atom is -0.271 e. The molecule has 0 bridgehead atoms. The van der Waals surface area contributed by atoms with Crippen molar-refractivity contribution < 1.29 is 0 Å². The van der Waals surface area contributed by atoms with Gasteiger partial charge in [-0.05, 0) is 35.1 Å². The second kappa shape index (κ2) is 9.97. The van der Waals surface area contributed by atoms with Gasteiger partial charge in [0.25, 0.3) is 0 Å². The van der Waals surface area contributed by atoms with Crippen molar-refractivity contribution >= 4 is 11.4 Å². The van der Waals surface area contributed by atoms with E-state index in [4.69, 9.17) is 0 Å². The fourth-order valence-corrected chi connectivity index (χ4v) is 4.77. The van der Waals surface area contributed by atoms with Gasteiger partial charge in [0.1, 0.15) is 0 Å². The first-order chi connectivity index (χ1) is 15.8. The molecule has 0 N–H and O–H groups in total. The summed E-state index contributed by atoms with van der Waals surface area (Å²) in [6, 6.07) is 19.8. The Hall–Kier alpha value is -2.84. The zero-order valence-electron chi connectivity index (χ0n) is 20.3. The van der Waals surface area contributed by atoms with E-state index in [0.717, 1.165) is 57.6 Å². The molecule has 2 heterocycles. The zero-order chi connectivity index (χ0) is 23.3. The summed E-state index contributed by atoms with van der Waals surface area (Å²) in [4.78, 5) is 4.92. The number of nitrogens with zero attached hydrogens (tertiary/aromatic N) is 8. The van der Waals surface area contributed by atoms with Gasteiger partial charge in [0.05, 0.1) is 31.4 Å². The van der Waals surface area contributed by atoms with Gasteiger partial charge in [-0.25, -0.2) is 0 Å². The lowest BCUT2D eigenvalue weighted by Gasteiger charge is -2.47. The van der Waals surface area contributed by atoms with E-state index in [1.54, 1.807) is 0 Å². The smallest absolute Gasteiger partial charge is 0.0907 e. The molecular weight excluding hydrogens is 412 g/mol. The molecule has 4 rings (SSSR count). The Morgan fingerprint density at radius 2 is 1.00 bits per heavy atom. The van der Waals surface area contributed by atoms with E-state index in [1.165, 1.54) is 0 Å². The van der Waals surface area contributed by atoms with Gasteiger partial charge in [0.15, 0.2) is 0 Å². The first-order valence-electron chi connectivity index (χ1n) is 11.6. The predicted molar refractivity (Wildman–Crippen MR) is 131 cm³/mol. The van der Waals surface area contributed by atoms with Gasteiger partial charge < -0.3 is 0 Å². The third-order valence-corrected chi connectivity index (χ3v) is 5.74. The van der Waals surface area contributed by atoms with Crippen LogP contribution in [0.5, 0.6) is 0 Å². The minimum absolute atomic E-state index is 0.131. The summed E-state index contributed by atoms with van der Waals surface area (Å²) < 4.78 is 0. The zero-order valence-corrected chi connectivity index (χ0v) is 20.3. The van der Waals surface area contributed by atoms with Crippen LogP contribution in [0.2, 0.25) is 0 Å².